The molecule has 1 N–H and O–H groups in total. The Kier molecular flexibility index (Phi) is 5.77. The van der Waals surface area contributed by atoms with Crippen molar-refractivity contribution in [2.24, 2.45) is 0 Å². The number of rotatable bonds is 6. The first kappa shape index (κ1) is 18.5. The fraction of sp³-hybridized carbons (Fsp3) is 0.174. The number of hydrogen-bond acceptors (Lipinski definition) is 4. The molecular weight excluding hydrogens is 340 g/mol. The van der Waals surface area contributed by atoms with E-state index in [4.69, 9.17) is 9.15 Å². The van der Waals surface area contributed by atoms with Crippen LogP contribution in [0.25, 0.3) is 12.2 Å². The summed E-state index contributed by atoms with van der Waals surface area (Å²) >= 11 is 0. The molecular formula is C23H22O4. The van der Waals surface area contributed by atoms with Crippen molar-refractivity contribution in [2.75, 3.05) is 7.11 Å². The van der Waals surface area contributed by atoms with Crippen LogP contribution >= 0.6 is 0 Å². The van der Waals surface area contributed by atoms with E-state index in [-0.39, 0.29) is 11.7 Å². The third-order valence-corrected chi connectivity index (χ3v) is 4.50. The van der Waals surface area contributed by atoms with Crippen LogP contribution in [-0.2, 0) is 0 Å². The quantitative estimate of drug-likeness (QED) is 0.665. The molecule has 27 heavy (non-hydrogen) atoms. The van der Waals surface area contributed by atoms with Gasteiger partial charge in [-0.15, -0.1) is 0 Å². The summed E-state index contributed by atoms with van der Waals surface area (Å²) in [6.07, 6.45) is 4.16. The first-order chi connectivity index (χ1) is 13.1. The Morgan fingerprint density at radius 1 is 1.07 bits per heavy atom. The second-order valence-electron chi connectivity index (χ2n) is 6.21. The van der Waals surface area contributed by atoms with Gasteiger partial charge in [0.15, 0.2) is 0 Å². The van der Waals surface area contributed by atoms with Crippen molar-refractivity contribution in [3.8, 4) is 11.5 Å². The Labute approximate surface area is 158 Å². The molecule has 0 aliphatic heterocycles. The van der Waals surface area contributed by atoms with Gasteiger partial charge in [0.1, 0.15) is 17.3 Å². The molecule has 1 heterocycles. The van der Waals surface area contributed by atoms with Crippen molar-refractivity contribution in [1.29, 1.82) is 0 Å². The zero-order chi connectivity index (χ0) is 19.2. The Bertz CT molecular complexity index is 970. The van der Waals surface area contributed by atoms with Gasteiger partial charge in [-0.25, -0.2) is 4.79 Å². The minimum atomic E-state index is -0.514. The van der Waals surface area contributed by atoms with E-state index < -0.39 is 5.63 Å². The molecule has 0 aliphatic carbocycles. The average molecular weight is 362 g/mol. The maximum absolute atomic E-state index is 12.6. The fourth-order valence-electron chi connectivity index (χ4n) is 3.10. The maximum Gasteiger partial charge on any atom is 0.343 e. The van der Waals surface area contributed by atoms with Gasteiger partial charge in [-0.2, -0.15) is 0 Å². The van der Waals surface area contributed by atoms with Crippen LogP contribution in [0.2, 0.25) is 0 Å². The normalized spacial score (nSPS) is 12.2. The van der Waals surface area contributed by atoms with Crippen molar-refractivity contribution >= 4 is 12.2 Å². The molecule has 0 saturated heterocycles. The molecule has 4 heteroatoms. The molecule has 0 bridgehead atoms. The van der Waals surface area contributed by atoms with E-state index in [0.717, 1.165) is 16.9 Å². The summed E-state index contributed by atoms with van der Waals surface area (Å²) in [4.78, 5) is 12.6. The van der Waals surface area contributed by atoms with Crippen molar-refractivity contribution in [3.05, 3.63) is 93.5 Å². The molecule has 0 saturated carbocycles. The zero-order valence-corrected chi connectivity index (χ0v) is 15.4. The van der Waals surface area contributed by atoms with Crippen LogP contribution in [-0.4, -0.2) is 12.2 Å². The summed E-state index contributed by atoms with van der Waals surface area (Å²) < 4.78 is 10.6. The lowest BCUT2D eigenvalue weighted by atomic mass is 9.89. The van der Waals surface area contributed by atoms with E-state index >= 15 is 0 Å². The molecule has 4 nitrogen and oxygen atoms in total. The maximum atomic E-state index is 12.6. The average Bonchev–Trinajstić information content (AvgIpc) is 2.70. The van der Waals surface area contributed by atoms with Gasteiger partial charge in [0.2, 0.25) is 0 Å². The van der Waals surface area contributed by atoms with Crippen LogP contribution in [0, 0.1) is 0 Å². The van der Waals surface area contributed by atoms with Gasteiger partial charge in [0.25, 0.3) is 0 Å². The van der Waals surface area contributed by atoms with Gasteiger partial charge in [-0.1, -0.05) is 55.5 Å². The molecule has 0 fully saturated rings. The van der Waals surface area contributed by atoms with E-state index in [2.05, 4.69) is 0 Å². The third-order valence-electron chi connectivity index (χ3n) is 4.50. The highest BCUT2D eigenvalue weighted by Gasteiger charge is 2.21. The van der Waals surface area contributed by atoms with E-state index in [1.165, 1.54) is 6.07 Å². The van der Waals surface area contributed by atoms with Crippen LogP contribution in [0.15, 0.2) is 69.9 Å². The SMILES string of the molecule is CCC(c1ccccc1)c1c(O)cc(/C=C/c2ccc(OC)cc2)oc1=O. The summed E-state index contributed by atoms with van der Waals surface area (Å²) in [5.74, 6) is 0.825. The Morgan fingerprint density at radius 3 is 2.37 bits per heavy atom. The summed E-state index contributed by atoms with van der Waals surface area (Å²) in [5.41, 5.74) is 1.69. The number of hydrogen-bond donors (Lipinski definition) is 1. The van der Waals surface area contributed by atoms with Crippen LogP contribution in [0.3, 0.4) is 0 Å². The van der Waals surface area contributed by atoms with Gasteiger partial charge >= 0.3 is 5.63 Å². The smallest absolute Gasteiger partial charge is 0.343 e. The van der Waals surface area contributed by atoms with Gasteiger partial charge < -0.3 is 14.3 Å². The molecule has 138 valence electrons. The van der Waals surface area contributed by atoms with Crippen molar-refractivity contribution in [2.45, 2.75) is 19.3 Å². The highest BCUT2D eigenvalue weighted by Crippen LogP contribution is 2.32. The van der Waals surface area contributed by atoms with E-state index in [1.807, 2.05) is 67.6 Å². The standard InChI is InChI=1S/C23H22O4/c1-3-20(17-7-5-4-6-8-17)22-21(24)15-19(27-23(22)25)14-11-16-9-12-18(26-2)13-10-16/h4-15,20,24H,3H2,1-2H3/b14-11+. The Morgan fingerprint density at radius 2 is 1.78 bits per heavy atom. The van der Waals surface area contributed by atoms with Gasteiger partial charge in [-0.3, -0.25) is 0 Å². The van der Waals surface area contributed by atoms with E-state index in [9.17, 15) is 9.90 Å². The van der Waals surface area contributed by atoms with Gasteiger partial charge in [-0.05, 0) is 35.8 Å². The third kappa shape index (κ3) is 4.29. The predicted molar refractivity (Wildman–Crippen MR) is 107 cm³/mol. The lowest BCUT2D eigenvalue weighted by Crippen LogP contribution is -2.14. The van der Waals surface area contributed by atoms with E-state index in [1.54, 1.807) is 13.2 Å². The minimum absolute atomic E-state index is 0.0451. The second-order valence-corrected chi connectivity index (χ2v) is 6.21. The Balaban J connectivity index is 1.90. The molecule has 0 spiro atoms. The topological polar surface area (TPSA) is 59.7 Å². The first-order valence-corrected chi connectivity index (χ1v) is 8.86. The highest BCUT2D eigenvalue weighted by atomic mass is 16.5. The Hall–Kier alpha value is -3.27. The molecule has 3 aromatic rings. The monoisotopic (exact) mass is 362 g/mol. The summed E-state index contributed by atoms with van der Waals surface area (Å²) in [6, 6.07) is 18.6. The summed E-state index contributed by atoms with van der Waals surface area (Å²) in [6.45, 7) is 1.98. The molecule has 0 aliphatic rings. The highest BCUT2D eigenvalue weighted by molar-refractivity contribution is 5.68. The molecule has 0 radical (unpaired) electrons. The summed E-state index contributed by atoms with van der Waals surface area (Å²) in [7, 11) is 1.61. The molecule has 2 aromatic carbocycles. The molecule has 1 atom stereocenters. The molecule has 3 rings (SSSR count). The van der Waals surface area contributed by atoms with Crippen LogP contribution in [0.1, 0.15) is 41.7 Å². The van der Waals surface area contributed by atoms with Crippen molar-refractivity contribution in [1.82, 2.24) is 0 Å². The lowest BCUT2D eigenvalue weighted by Gasteiger charge is -2.15. The van der Waals surface area contributed by atoms with Crippen LogP contribution < -0.4 is 10.4 Å². The minimum Gasteiger partial charge on any atom is -0.507 e. The number of ether oxygens (including phenoxy) is 1. The van der Waals surface area contributed by atoms with Crippen molar-refractivity contribution in [3.63, 3.8) is 0 Å². The largest absolute Gasteiger partial charge is 0.507 e. The van der Waals surface area contributed by atoms with Crippen molar-refractivity contribution < 1.29 is 14.3 Å². The number of benzene rings is 2. The van der Waals surface area contributed by atoms with Crippen LogP contribution in [0.5, 0.6) is 11.5 Å². The van der Waals surface area contributed by atoms with Gasteiger partial charge in [0.05, 0.1) is 12.7 Å². The zero-order valence-electron chi connectivity index (χ0n) is 15.4. The summed E-state index contributed by atoms with van der Waals surface area (Å²) in [5, 5.41) is 10.5. The first-order valence-electron chi connectivity index (χ1n) is 8.86. The van der Waals surface area contributed by atoms with Crippen LogP contribution in [0.4, 0.5) is 0 Å². The fourth-order valence-corrected chi connectivity index (χ4v) is 3.10. The van der Waals surface area contributed by atoms with Gasteiger partial charge in [0, 0.05) is 12.0 Å². The van der Waals surface area contributed by atoms with E-state index in [0.29, 0.717) is 17.7 Å². The second kappa shape index (κ2) is 8.41. The molecule has 1 unspecified atom stereocenters. The predicted octanol–water partition coefficient (Wildman–Crippen LogP) is 5.07. The molecule has 0 amide bonds. The number of aromatic hydroxyl groups is 1. The molecule has 1 aromatic heterocycles. The lowest BCUT2D eigenvalue weighted by molar-refractivity contribution is 0.415. The number of methoxy groups -OCH3 is 1.